The number of aliphatic carboxylic acids is 1. The molecule has 0 saturated carbocycles. The summed E-state index contributed by atoms with van der Waals surface area (Å²) in [4.78, 5) is 26.7. The van der Waals surface area contributed by atoms with Gasteiger partial charge in [-0.1, -0.05) is 0 Å². The van der Waals surface area contributed by atoms with E-state index >= 15 is 0 Å². The summed E-state index contributed by atoms with van der Waals surface area (Å²) < 4.78 is 0. The Kier molecular flexibility index (Phi) is 3.19. The molecule has 0 fully saturated rings. The number of hydrogen-bond donors (Lipinski definition) is 1. The molecular weight excluding hydrogens is 250 g/mol. The van der Waals surface area contributed by atoms with Crippen LogP contribution in [0, 0.1) is 0 Å². The highest BCUT2D eigenvalue weighted by molar-refractivity contribution is 7.14. The number of aryl methyl sites for hydroxylation is 2. The molecule has 0 aromatic carbocycles. The summed E-state index contributed by atoms with van der Waals surface area (Å²) in [7, 11) is 1.54. The first kappa shape index (κ1) is 13.1. The van der Waals surface area contributed by atoms with Crippen LogP contribution in [0.4, 0.5) is 0 Å². The van der Waals surface area contributed by atoms with Crippen molar-refractivity contribution in [2.75, 3.05) is 7.05 Å². The Morgan fingerprint density at radius 3 is 2.61 bits per heavy atom. The second kappa shape index (κ2) is 4.39. The van der Waals surface area contributed by atoms with Crippen molar-refractivity contribution in [1.29, 1.82) is 0 Å². The molecular formula is C13H17NO3S. The van der Waals surface area contributed by atoms with Crippen molar-refractivity contribution in [1.82, 2.24) is 4.90 Å². The van der Waals surface area contributed by atoms with Gasteiger partial charge in [0.25, 0.3) is 5.91 Å². The lowest BCUT2D eigenvalue weighted by Crippen LogP contribution is -2.50. The van der Waals surface area contributed by atoms with Gasteiger partial charge in [0, 0.05) is 11.9 Å². The molecule has 1 N–H and O–H groups in total. The number of amides is 1. The fraction of sp³-hybridized carbons (Fsp3) is 0.538. The molecule has 1 aromatic rings. The van der Waals surface area contributed by atoms with Gasteiger partial charge < -0.3 is 10.0 Å². The lowest BCUT2D eigenvalue weighted by molar-refractivity contribution is -0.147. The fourth-order valence-corrected chi connectivity index (χ4v) is 3.23. The Bertz CT molecular complexity index is 483. The van der Waals surface area contributed by atoms with Gasteiger partial charge in [-0.05, 0) is 44.7 Å². The van der Waals surface area contributed by atoms with E-state index in [1.807, 2.05) is 6.07 Å². The number of hydrogen-bond acceptors (Lipinski definition) is 3. The van der Waals surface area contributed by atoms with Crippen molar-refractivity contribution in [2.24, 2.45) is 0 Å². The van der Waals surface area contributed by atoms with Crippen molar-refractivity contribution in [2.45, 2.75) is 38.6 Å². The van der Waals surface area contributed by atoms with Gasteiger partial charge in [-0.2, -0.15) is 0 Å². The maximum Gasteiger partial charge on any atom is 0.329 e. The van der Waals surface area contributed by atoms with E-state index in [-0.39, 0.29) is 5.91 Å². The molecule has 1 amide bonds. The van der Waals surface area contributed by atoms with Crippen molar-refractivity contribution in [3.63, 3.8) is 0 Å². The van der Waals surface area contributed by atoms with Crippen LogP contribution in [0.15, 0.2) is 6.07 Å². The summed E-state index contributed by atoms with van der Waals surface area (Å²) in [6.45, 7) is 3.07. The van der Waals surface area contributed by atoms with E-state index in [2.05, 4.69) is 0 Å². The van der Waals surface area contributed by atoms with Gasteiger partial charge in [-0.3, -0.25) is 4.79 Å². The van der Waals surface area contributed by atoms with Crippen LogP contribution in [0.5, 0.6) is 0 Å². The third kappa shape index (κ3) is 2.03. The molecule has 2 rings (SSSR count). The molecule has 4 nitrogen and oxygen atoms in total. The van der Waals surface area contributed by atoms with E-state index in [0.717, 1.165) is 19.3 Å². The Morgan fingerprint density at radius 2 is 2.06 bits per heavy atom. The molecule has 1 aliphatic rings. The van der Waals surface area contributed by atoms with Crippen LogP contribution < -0.4 is 0 Å². The number of nitrogens with zero attached hydrogens (tertiary/aromatic N) is 1. The topological polar surface area (TPSA) is 57.6 Å². The average Bonchev–Trinajstić information content (AvgIpc) is 2.86. The van der Waals surface area contributed by atoms with E-state index in [1.54, 1.807) is 7.05 Å². The second-order valence-electron chi connectivity index (χ2n) is 5.14. The van der Waals surface area contributed by atoms with E-state index in [0.29, 0.717) is 4.88 Å². The minimum Gasteiger partial charge on any atom is -0.480 e. The van der Waals surface area contributed by atoms with E-state index in [4.69, 9.17) is 5.11 Å². The highest BCUT2D eigenvalue weighted by Gasteiger charge is 2.36. The first-order valence-corrected chi connectivity index (χ1v) is 6.79. The van der Waals surface area contributed by atoms with Crippen LogP contribution in [0.3, 0.4) is 0 Å². The number of thiophene rings is 1. The standard InChI is InChI=1S/C13H17NO3S/c1-13(2,12(16)17)14(3)11(15)10-7-8-5-4-6-9(8)18-10/h7H,4-6H2,1-3H3,(H,16,17). The average molecular weight is 267 g/mol. The van der Waals surface area contributed by atoms with Crippen molar-refractivity contribution >= 4 is 23.2 Å². The molecule has 0 unspecified atom stereocenters. The lowest BCUT2D eigenvalue weighted by atomic mass is 10.0. The third-order valence-corrected chi connectivity index (χ3v) is 4.85. The maximum atomic E-state index is 12.3. The van der Waals surface area contributed by atoms with Gasteiger partial charge in [-0.15, -0.1) is 11.3 Å². The summed E-state index contributed by atoms with van der Waals surface area (Å²) in [5.41, 5.74) is 0.0655. The summed E-state index contributed by atoms with van der Waals surface area (Å²) in [6.07, 6.45) is 3.23. The van der Waals surface area contributed by atoms with Crippen LogP contribution in [-0.2, 0) is 17.6 Å². The van der Waals surface area contributed by atoms with E-state index < -0.39 is 11.5 Å². The number of rotatable bonds is 3. The van der Waals surface area contributed by atoms with Gasteiger partial charge >= 0.3 is 5.97 Å². The number of carbonyl (C=O) groups excluding carboxylic acids is 1. The molecule has 0 radical (unpaired) electrons. The number of carboxylic acids is 1. The molecule has 0 saturated heterocycles. The van der Waals surface area contributed by atoms with Crippen LogP contribution in [-0.4, -0.2) is 34.5 Å². The summed E-state index contributed by atoms with van der Waals surface area (Å²) in [5, 5.41) is 9.13. The zero-order valence-electron chi connectivity index (χ0n) is 10.8. The molecule has 0 bridgehead atoms. The molecule has 1 aliphatic carbocycles. The van der Waals surface area contributed by atoms with Gasteiger partial charge in [-0.25, -0.2) is 4.79 Å². The second-order valence-corrected chi connectivity index (χ2v) is 6.28. The van der Waals surface area contributed by atoms with E-state index in [9.17, 15) is 9.59 Å². The summed E-state index contributed by atoms with van der Waals surface area (Å²) in [5.74, 6) is -1.20. The highest BCUT2D eigenvalue weighted by Crippen LogP contribution is 2.32. The summed E-state index contributed by atoms with van der Waals surface area (Å²) >= 11 is 1.50. The Balaban J connectivity index is 2.23. The minimum absolute atomic E-state index is 0.207. The molecule has 5 heteroatoms. The first-order chi connectivity index (χ1) is 8.34. The molecule has 1 aromatic heterocycles. The fourth-order valence-electron chi connectivity index (χ4n) is 2.00. The number of likely N-dealkylation sites (N-methyl/N-ethyl adjacent to an activating group) is 1. The van der Waals surface area contributed by atoms with Crippen LogP contribution in [0.25, 0.3) is 0 Å². The predicted octanol–water partition coefficient (Wildman–Crippen LogP) is 2.17. The smallest absolute Gasteiger partial charge is 0.329 e. The monoisotopic (exact) mass is 267 g/mol. The highest BCUT2D eigenvalue weighted by atomic mass is 32.1. The van der Waals surface area contributed by atoms with Gasteiger partial charge in [0.05, 0.1) is 4.88 Å². The van der Waals surface area contributed by atoms with Crippen molar-refractivity contribution < 1.29 is 14.7 Å². The third-order valence-electron chi connectivity index (χ3n) is 3.62. The quantitative estimate of drug-likeness (QED) is 0.913. The summed E-state index contributed by atoms with van der Waals surface area (Å²) in [6, 6.07) is 1.92. The maximum absolute atomic E-state index is 12.3. The van der Waals surface area contributed by atoms with Crippen LogP contribution in [0.2, 0.25) is 0 Å². The van der Waals surface area contributed by atoms with E-state index in [1.165, 1.54) is 40.5 Å². The van der Waals surface area contributed by atoms with Crippen LogP contribution in [0.1, 0.15) is 40.4 Å². The van der Waals surface area contributed by atoms with Gasteiger partial charge in [0.2, 0.25) is 0 Å². The SMILES string of the molecule is CN(C(=O)c1cc2c(s1)CCC2)C(C)(C)C(=O)O. The zero-order chi connectivity index (χ0) is 13.5. The van der Waals surface area contributed by atoms with Gasteiger partial charge in [0.1, 0.15) is 5.54 Å². The Labute approximate surface area is 110 Å². The number of carbonyl (C=O) groups is 2. The Hall–Kier alpha value is -1.36. The Morgan fingerprint density at radius 1 is 1.39 bits per heavy atom. The molecule has 1 heterocycles. The predicted molar refractivity (Wildman–Crippen MR) is 70.2 cm³/mol. The molecule has 18 heavy (non-hydrogen) atoms. The number of carboxylic acid groups (broad SMARTS) is 1. The zero-order valence-corrected chi connectivity index (χ0v) is 11.6. The normalized spacial score (nSPS) is 14.4. The lowest BCUT2D eigenvalue weighted by Gasteiger charge is -2.31. The van der Waals surface area contributed by atoms with Gasteiger partial charge in [0.15, 0.2) is 0 Å². The number of fused-ring (bicyclic) bond motifs is 1. The van der Waals surface area contributed by atoms with Crippen molar-refractivity contribution in [3.8, 4) is 0 Å². The first-order valence-electron chi connectivity index (χ1n) is 5.97. The molecule has 0 atom stereocenters. The van der Waals surface area contributed by atoms with Crippen molar-refractivity contribution in [3.05, 3.63) is 21.4 Å². The minimum atomic E-state index is -1.19. The molecule has 0 spiro atoms. The molecule has 98 valence electrons. The molecule has 0 aliphatic heterocycles. The largest absolute Gasteiger partial charge is 0.480 e. The van der Waals surface area contributed by atoms with Crippen LogP contribution >= 0.6 is 11.3 Å².